The Balaban J connectivity index is 1.66. The van der Waals surface area contributed by atoms with Gasteiger partial charge in [-0.3, -0.25) is 9.59 Å². The van der Waals surface area contributed by atoms with Gasteiger partial charge < -0.3 is 0 Å². The van der Waals surface area contributed by atoms with Crippen LogP contribution in [0.4, 0.5) is 0 Å². The van der Waals surface area contributed by atoms with Crippen molar-refractivity contribution >= 4 is 32.4 Å². The molecule has 6 heteroatoms. The van der Waals surface area contributed by atoms with E-state index in [1.165, 1.54) is 0 Å². The van der Waals surface area contributed by atoms with Crippen molar-refractivity contribution in [3.63, 3.8) is 0 Å². The van der Waals surface area contributed by atoms with E-state index in [0.717, 1.165) is 16.3 Å². The van der Waals surface area contributed by atoms with Crippen molar-refractivity contribution in [3.8, 4) is 0 Å². The maximum atomic E-state index is 14.3. The van der Waals surface area contributed by atoms with E-state index >= 15 is 0 Å². The number of benzene rings is 5. The van der Waals surface area contributed by atoms with E-state index in [0.29, 0.717) is 16.7 Å². The molecule has 0 aliphatic heterocycles. The number of ketones is 2. The molecule has 0 bridgehead atoms. The summed E-state index contributed by atoms with van der Waals surface area (Å²) in [4.78, 5) is 27.8. The molecular formula is C36H31NO4S. The van der Waals surface area contributed by atoms with Crippen LogP contribution in [0.15, 0.2) is 144 Å². The van der Waals surface area contributed by atoms with Gasteiger partial charge in [0.2, 0.25) is 10.0 Å². The molecule has 0 saturated carbocycles. The van der Waals surface area contributed by atoms with Crippen molar-refractivity contribution in [1.29, 1.82) is 0 Å². The van der Waals surface area contributed by atoms with Crippen molar-refractivity contribution in [2.24, 2.45) is 5.92 Å². The molecule has 210 valence electrons. The van der Waals surface area contributed by atoms with Crippen LogP contribution in [0.2, 0.25) is 0 Å². The van der Waals surface area contributed by atoms with Crippen LogP contribution in [-0.4, -0.2) is 20.0 Å². The Morgan fingerprint density at radius 2 is 1.29 bits per heavy atom. The first-order chi connectivity index (χ1) is 20.2. The second-order valence-corrected chi connectivity index (χ2v) is 12.0. The predicted octanol–water partition coefficient (Wildman–Crippen LogP) is 7.50. The van der Waals surface area contributed by atoms with E-state index in [9.17, 15) is 18.0 Å². The summed E-state index contributed by atoms with van der Waals surface area (Å²) in [5.74, 6) is -1.56. The Morgan fingerprint density at radius 1 is 0.714 bits per heavy atom. The second kappa shape index (κ2) is 12.5. The van der Waals surface area contributed by atoms with Gasteiger partial charge in [-0.2, -0.15) is 0 Å². The Bertz CT molecular complexity index is 1840. The smallest absolute Gasteiger partial charge is 0.241 e. The minimum Gasteiger partial charge on any atom is -0.294 e. The molecule has 0 aliphatic carbocycles. The second-order valence-electron chi connectivity index (χ2n) is 10.3. The zero-order valence-corrected chi connectivity index (χ0v) is 24.1. The topological polar surface area (TPSA) is 80.3 Å². The Labute approximate surface area is 246 Å². The summed E-state index contributed by atoms with van der Waals surface area (Å²) >= 11 is 0. The lowest BCUT2D eigenvalue weighted by atomic mass is 9.80. The molecule has 5 rings (SSSR count). The largest absolute Gasteiger partial charge is 0.294 e. The van der Waals surface area contributed by atoms with Crippen molar-refractivity contribution in [3.05, 3.63) is 162 Å². The fraction of sp³-hybridized carbons (Fsp3) is 0.111. The van der Waals surface area contributed by atoms with Crippen molar-refractivity contribution < 1.29 is 18.0 Å². The number of rotatable bonds is 11. The summed E-state index contributed by atoms with van der Waals surface area (Å²) in [6, 6.07) is 36.3. The number of aryl methyl sites for hydroxylation is 1. The Kier molecular flexibility index (Phi) is 8.57. The van der Waals surface area contributed by atoms with Crippen LogP contribution in [0.5, 0.6) is 0 Å². The van der Waals surface area contributed by atoms with Crippen LogP contribution in [0.1, 0.15) is 44.3 Å². The Hall–Kier alpha value is -4.65. The van der Waals surface area contributed by atoms with Gasteiger partial charge in [0.15, 0.2) is 11.6 Å². The zero-order chi connectivity index (χ0) is 29.7. The summed E-state index contributed by atoms with van der Waals surface area (Å²) in [5, 5.41) is 1.71. The molecule has 0 spiro atoms. The maximum Gasteiger partial charge on any atom is 0.241 e. The van der Waals surface area contributed by atoms with E-state index in [-0.39, 0.29) is 28.5 Å². The minimum atomic E-state index is -4.08. The molecular weight excluding hydrogens is 542 g/mol. The average molecular weight is 574 g/mol. The number of sulfonamides is 1. The number of nitrogens with one attached hydrogen (secondary N) is 1. The fourth-order valence-electron chi connectivity index (χ4n) is 5.17. The first kappa shape index (κ1) is 28.9. The third-order valence-corrected chi connectivity index (χ3v) is 8.85. The molecule has 5 nitrogen and oxygen atoms in total. The van der Waals surface area contributed by atoms with Crippen LogP contribution in [-0.2, 0) is 10.0 Å². The van der Waals surface area contributed by atoms with Crippen LogP contribution in [0, 0.1) is 12.8 Å². The van der Waals surface area contributed by atoms with E-state index < -0.39 is 22.0 Å². The molecule has 5 aromatic carbocycles. The van der Waals surface area contributed by atoms with Crippen molar-refractivity contribution in [2.75, 3.05) is 0 Å². The number of allylic oxidation sites excluding steroid dienone is 1. The summed E-state index contributed by atoms with van der Waals surface area (Å²) in [6.45, 7) is 5.95. The first-order valence-electron chi connectivity index (χ1n) is 13.7. The lowest BCUT2D eigenvalue weighted by Crippen LogP contribution is -2.37. The van der Waals surface area contributed by atoms with Gasteiger partial charge >= 0.3 is 0 Å². The predicted molar refractivity (Wildman–Crippen MR) is 167 cm³/mol. The lowest BCUT2D eigenvalue weighted by Gasteiger charge is -2.29. The molecule has 0 amide bonds. The number of hydrogen-bond donors (Lipinski definition) is 1. The van der Waals surface area contributed by atoms with E-state index in [1.54, 1.807) is 72.8 Å². The van der Waals surface area contributed by atoms with Crippen molar-refractivity contribution in [2.45, 2.75) is 24.3 Å². The van der Waals surface area contributed by atoms with Gasteiger partial charge in [0, 0.05) is 17.0 Å². The number of carbonyl (C=O) groups excluding carboxylic acids is 2. The molecule has 0 unspecified atom stereocenters. The molecule has 0 aromatic heterocycles. The third kappa shape index (κ3) is 6.30. The van der Waals surface area contributed by atoms with Gasteiger partial charge in [-0.25, -0.2) is 13.1 Å². The van der Waals surface area contributed by atoms with E-state index in [4.69, 9.17) is 0 Å². The summed E-state index contributed by atoms with van der Waals surface area (Å²) < 4.78 is 30.6. The minimum absolute atomic E-state index is 0.0498. The molecule has 0 heterocycles. The van der Waals surface area contributed by atoms with Gasteiger partial charge in [-0.05, 0) is 47.4 Å². The van der Waals surface area contributed by atoms with Crippen LogP contribution in [0.3, 0.4) is 0 Å². The molecule has 1 N–H and O–H groups in total. The molecule has 42 heavy (non-hydrogen) atoms. The highest BCUT2D eigenvalue weighted by molar-refractivity contribution is 7.89. The third-order valence-electron chi connectivity index (χ3n) is 7.39. The SMILES string of the molecule is C=C(C[C@@H](C(=O)c1ccccc1)[C@H](NS(=O)(=O)c1ccc(C)cc1)c1cccc2ccccc12)C(=O)c1ccccc1. The van der Waals surface area contributed by atoms with E-state index in [1.807, 2.05) is 61.5 Å². The summed E-state index contributed by atoms with van der Waals surface area (Å²) in [5.41, 5.74) is 2.65. The normalized spacial score (nSPS) is 12.9. The number of carbonyl (C=O) groups is 2. The monoisotopic (exact) mass is 573 g/mol. The number of hydrogen-bond acceptors (Lipinski definition) is 4. The van der Waals surface area contributed by atoms with Gasteiger partial charge in [0.05, 0.1) is 10.9 Å². The van der Waals surface area contributed by atoms with Gasteiger partial charge in [0.25, 0.3) is 0 Å². The highest BCUT2D eigenvalue weighted by Crippen LogP contribution is 2.36. The molecule has 0 radical (unpaired) electrons. The van der Waals surface area contributed by atoms with Gasteiger partial charge in [0.1, 0.15) is 0 Å². The van der Waals surface area contributed by atoms with E-state index in [2.05, 4.69) is 11.3 Å². The standard InChI is InChI=1S/C36H31NO4S/c1-25-20-22-30(23-21-25)42(40,41)37-34(32-19-11-17-27-12-9-10-18-31(27)32)33(36(39)29-15-7-4-8-16-29)24-26(2)35(38)28-13-5-3-6-14-28/h3-23,33-34,37H,2,24H2,1H3/t33-,34-/m1/s1. The highest BCUT2D eigenvalue weighted by atomic mass is 32.2. The van der Waals surface area contributed by atoms with Crippen LogP contribution >= 0.6 is 0 Å². The van der Waals surface area contributed by atoms with Crippen molar-refractivity contribution in [1.82, 2.24) is 4.72 Å². The van der Waals surface area contributed by atoms with Gasteiger partial charge in [-0.15, -0.1) is 0 Å². The quantitative estimate of drug-likeness (QED) is 0.131. The molecule has 0 saturated heterocycles. The lowest BCUT2D eigenvalue weighted by molar-refractivity contribution is 0.0891. The zero-order valence-electron chi connectivity index (χ0n) is 23.2. The Morgan fingerprint density at radius 3 is 1.95 bits per heavy atom. The number of fused-ring (bicyclic) bond motifs is 1. The number of Topliss-reactive ketones (excluding diaryl/α,β-unsaturated/α-hetero) is 2. The first-order valence-corrected chi connectivity index (χ1v) is 15.2. The fourth-order valence-corrected chi connectivity index (χ4v) is 6.42. The average Bonchev–Trinajstić information content (AvgIpc) is 3.02. The maximum absolute atomic E-state index is 14.3. The highest BCUT2D eigenvalue weighted by Gasteiger charge is 2.36. The molecule has 5 aromatic rings. The van der Waals surface area contributed by atoms with Crippen LogP contribution in [0.25, 0.3) is 10.8 Å². The van der Waals surface area contributed by atoms with Gasteiger partial charge in [-0.1, -0.05) is 127 Å². The molecule has 2 atom stereocenters. The molecule has 0 fully saturated rings. The summed E-state index contributed by atoms with van der Waals surface area (Å²) in [7, 11) is -4.08. The molecule has 0 aliphatic rings. The van der Waals surface area contributed by atoms with Crippen LogP contribution < -0.4 is 4.72 Å². The summed E-state index contributed by atoms with van der Waals surface area (Å²) in [6.07, 6.45) is -0.0498.